The molecule has 0 aromatic carbocycles. The van der Waals surface area contributed by atoms with Crippen molar-refractivity contribution in [3.8, 4) is 0 Å². The Morgan fingerprint density at radius 2 is 1.80 bits per heavy atom. The van der Waals surface area contributed by atoms with Crippen molar-refractivity contribution in [3.63, 3.8) is 0 Å². The second-order valence-corrected chi connectivity index (χ2v) is 5.34. The predicted molar refractivity (Wildman–Crippen MR) is 43.4 cm³/mol. The lowest BCUT2D eigenvalue weighted by Crippen LogP contribution is -2.26. The summed E-state index contributed by atoms with van der Waals surface area (Å²) in [7, 11) is 0.815. The molecule has 0 heterocycles. The zero-order chi connectivity index (χ0) is 7.61. The van der Waals surface area contributed by atoms with Crippen LogP contribution in [0.2, 0.25) is 5.04 Å². The maximum absolute atomic E-state index is 10.7. The van der Waals surface area contributed by atoms with E-state index < -0.39 is 5.97 Å². The summed E-state index contributed by atoms with van der Waals surface area (Å²) in [5, 5.41) is 8.57. The molecule has 0 radical (unpaired) electrons. The molecule has 0 spiro atoms. The highest BCUT2D eigenvalue weighted by atomic mass is 28.1. The maximum Gasteiger partial charge on any atom is 0.305 e. The molecule has 0 aromatic rings. The molecule has 0 amide bonds. The first-order valence-electron chi connectivity index (χ1n) is 3.88. The normalized spacial score (nSPS) is 24.4. The third-order valence-corrected chi connectivity index (χ3v) is 3.90. The molecular weight excluding hydrogens is 144 g/mol. The van der Waals surface area contributed by atoms with Crippen LogP contribution in [0.25, 0.3) is 0 Å². The standard InChI is InChI=1S/C7H14O2Si/c8-6(9)7(10)4-2-1-3-5-7/h1-5H2,10H3,(H,8,9). The van der Waals surface area contributed by atoms with Gasteiger partial charge in [-0.1, -0.05) is 19.3 Å². The van der Waals surface area contributed by atoms with Gasteiger partial charge in [0.2, 0.25) is 0 Å². The number of carboxylic acid groups (broad SMARTS) is 1. The topological polar surface area (TPSA) is 37.3 Å². The van der Waals surface area contributed by atoms with Crippen molar-refractivity contribution in [1.29, 1.82) is 0 Å². The maximum atomic E-state index is 10.7. The summed E-state index contributed by atoms with van der Waals surface area (Å²) in [5.74, 6) is -0.557. The summed E-state index contributed by atoms with van der Waals surface area (Å²) < 4.78 is 0. The molecule has 2 nitrogen and oxygen atoms in total. The summed E-state index contributed by atoms with van der Waals surface area (Å²) in [4.78, 5) is 10.7. The van der Waals surface area contributed by atoms with Crippen LogP contribution in [-0.4, -0.2) is 21.3 Å². The summed E-state index contributed by atoms with van der Waals surface area (Å²) in [5.41, 5.74) is 0. The van der Waals surface area contributed by atoms with E-state index in [9.17, 15) is 4.79 Å². The van der Waals surface area contributed by atoms with E-state index in [0.29, 0.717) is 0 Å². The van der Waals surface area contributed by atoms with Crippen LogP contribution in [0.1, 0.15) is 32.1 Å². The molecule has 10 heavy (non-hydrogen) atoms. The van der Waals surface area contributed by atoms with Gasteiger partial charge in [0.15, 0.2) is 0 Å². The van der Waals surface area contributed by atoms with Crippen LogP contribution < -0.4 is 0 Å². The molecule has 0 atom stereocenters. The van der Waals surface area contributed by atoms with Gasteiger partial charge in [0.25, 0.3) is 0 Å². The van der Waals surface area contributed by atoms with Gasteiger partial charge in [-0.2, -0.15) is 0 Å². The lowest BCUT2D eigenvalue weighted by molar-refractivity contribution is -0.141. The van der Waals surface area contributed by atoms with Gasteiger partial charge in [-0.05, 0) is 12.8 Å². The second kappa shape index (κ2) is 2.74. The first kappa shape index (κ1) is 7.79. The smallest absolute Gasteiger partial charge is 0.305 e. The fourth-order valence-corrected chi connectivity index (χ4v) is 2.25. The zero-order valence-corrected chi connectivity index (χ0v) is 8.39. The van der Waals surface area contributed by atoms with E-state index >= 15 is 0 Å². The molecule has 1 aliphatic carbocycles. The van der Waals surface area contributed by atoms with Gasteiger partial charge >= 0.3 is 5.97 Å². The Kier molecular flexibility index (Phi) is 2.13. The van der Waals surface area contributed by atoms with Gasteiger partial charge < -0.3 is 5.11 Å². The van der Waals surface area contributed by atoms with E-state index in [4.69, 9.17) is 5.11 Å². The molecule has 0 aliphatic heterocycles. The zero-order valence-electron chi connectivity index (χ0n) is 6.39. The highest BCUT2D eigenvalue weighted by molar-refractivity contribution is 6.26. The van der Waals surface area contributed by atoms with E-state index in [1.165, 1.54) is 6.42 Å². The van der Waals surface area contributed by atoms with E-state index in [1.54, 1.807) is 0 Å². The lowest BCUT2D eigenvalue weighted by Gasteiger charge is -2.28. The number of aliphatic carboxylic acids is 1. The fourth-order valence-electron chi connectivity index (χ4n) is 1.55. The Balaban J connectivity index is 2.56. The molecular formula is C7H14O2Si. The van der Waals surface area contributed by atoms with E-state index in [0.717, 1.165) is 35.9 Å². The van der Waals surface area contributed by atoms with Crippen LogP contribution in [0, 0.1) is 0 Å². The first-order valence-corrected chi connectivity index (χ1v) is 4.88. The van der Waals surface area contributed by atoms with E-state index in [2.05, 4.69) is 0 Å². The van der Waals surface area contributed by atoms with Crippen molar-refractivity contribution < 1.29 is 9.90 Å². The number of rotatable bonds is 1. The van der Waals surface area contributed by atoms with Crippen LogP contribution in [0.15, 0.2) is 0 Å². The first-order chi connectivity index (χ1) is 4.65. The summed E-state index contributed by atoms with van der Waals surface area (Å²) in [6.45, 7) is 0. The molecule has 0 bridgehead atoms. The Bertz CT molecular complexity index is 139. The second-order valence-electron chi connectivity index (χ2n) is 3.43. The third-order valence-electron chi connectivity index (χ3n) is 2.47. The molecule has 3 heteroatoms. The molecule has 1 saturated carbocycles. The highest BCUT2D eigenvalue weighted by Gasteiger charge is 2.33. The average molecular weight is 158 g/mol. The van der Waals surface area contributed by atoms with Crippen LogP contribution in [0.3, 0.4) is 0 Å². The van der Waals surface area contributed by atoms with Gasteiger partial charge in [-0.25, -0.2) is 0 Å². The molecule has 1 rings (SSSR count). The molecule has 1 fully saturated rings. The summed E-state index contributed by atoms with van der Waals surface area (Å²) >= 11 is 0. The minimum Gasteiger partial charge on any atom is -0.481 e. The Morgan fingerprint density at radius 1 is 1.30 bits per heavy atom. The Hall–Kier alpha value is -0.313. The van der Waals surface area contributed by atoms with Gasteiger partial charge in [-0.15, -0.1) is 0 Å². The van der Waals surface area contributed by atoms with Crippen LogP contribution in [0.4, 0.5) is 0 Å². The Labute approximate surface area is 64.0 Å². The molecule has 0 aromatic heterocycles. The van der Waals surface area contributed by atoms with Crippen LogP contribution in [-0.2, 0) is 4.79 Å². The number of carbonyl (C=O) groups is 1. The molecule has 0 saturated heterocycles. The minimum atomic E-state index is -0.557. The van der Waals surface area contributed by atoms with Gasteiger partial charge in [-0.3, -0.25) is 4.79 Å². The highest BCUT2D eigenvalue weighted by Crippen LogP contribution is 2.39. The summed E-state index contributed by atoms with van der Waals surface area (Å²) in [6, 6.07) is 0. The Morgan fingerprint density at radius 3 is 2.10 bits per heavy atom. The molecule has 0 unspecified atom stereocenters. The molecule has 58 valence electrons. The minimum absolute atomic E-state index is 0.266. The third kappa shape index (κ3) is 1.40. The number of hydrogen-bond acceptors (Lipinski definition) is 1. The molecule has 1 aliphatic rings. The molecule has 1 N–H and O–H groups in total. The van der Waals surface area contributed by atoms with Gasteiger partial charge in [0, 0.05) is 10.2 Å². The largest absolute Gasteiger partial charge is 0.481 e. The monoisotopic (exact) mass is 158 g/mol. The van der Waals surface area contributed by atoms with E-state index in [1.807, 2.05) is 0 Å². The van der Waals surface area contributed by atoms with Crippen molar-refractivity contribution in [1.82, 2.24) is 0 Å². The van der Waals surface area contributed by atoms with Crippen molar-refractivity contribution in [2.75, 3.05) is 0 Å². The quantitative estimate of drug-likeness (QED) is 0.566. The average Bonchev–Trinajstić information content (AvgIpc) is 1.89. The lowest BCUT2D eigenvalue weighted by atomic mass is 9.88. The van der Waals surface area contributed by atoms with Crippen LogP contribution >= 0.6 is 0 Å². The van der Waals surface area contributed by atoms with Crippen molar-refractivity contribution in [3.05, 3.63) is 0 Å². The van der Waals surface area contributed by atoms with Gasteiger partial charge in [0.05, 0.1) is 5.04 Å². The van der Waals surface area contributed by atoms with Crippen molar-refractivity contribution >= 4 is 16.2 Å². The SMILES string of the molecule is O=C(O)C1([SiH3])CCCCC1. The fraction of sp³-hybridized carbons (Fsp3) is 0.857. The van der Waals surface area contributed by atoms with Crippen molar-refractivity contribution in [2.45, 2.75) is 37.1 Å². The number of carboxylic acids is 1. The van der Waals surface area contributed by atoms with Gasteiger partial charge in [0.1, 0.15) is 0 Å². The predicted octanol–water partition coefficient (Wildman–Crippen LogP) is 0.559. The summed E-state index contributed by atoms with van der Waals surface area (Å²) in [6.07, 6.45) is 5.33. The van der Waals surface area contributed by atoms with E-state index in [-0.39, 0.29) is 5.04 Å². The van der Waals surface area contributed by atoms with Crippen molar-refractivity contribution in [2.24, 2.45) is 0 Å². The number of hydrogen-bond donors (Lipinski definition) is 1. The van der Waals surface area contributed by atoms with Crippen LogP contribution in [0.5, 0.6) is 0 Å².